The zero-order chi connectivity index (χ0) is 34.2. The Balaban J connectivity index is 1.09. The fraction of sp³-hybridized carbons (Fsp3) is 0.132. The molecule has 0 saturated heterocycles. The van der Waals surface area contributed by atoms with Crippen LogP contribution in [-0.4, -0.2) is 40.3 Å². The second-order valence-electron chi connectivity index (χ2n) is 12.1. The molecule has 248 valence electrons. The molecule has 4 aromatic heterocycles. The van der Waals surface area contributed by atoms with E-state index in [-0.39, 0.29) is 29.8 Å². The Morgan fingerprint density at radius 2 is 1.84 bits per heavy atom. The molecule has 50 heavy (non-hydrogen) atoms. The van der Waals surface area contributed by atoms with E-state index in [1.54, 1.807) is 29.2 Å². The van der Waals surface area contributed by atoms with Crippen LogP contribution in [0.2, 0.25) is 0 Å². The van der Waals surface area contributed by atoms with Gasteiger partial charge in [-0.3, -0.25) is 9.36 Å². The number of benzene rings is 3. The number of amides is 1. The molecule has 0 spiro atoms. The summed E-state index contributed by atoms with van der Waals surface area (Å²) in [6.07, 6.45) is 6.66. The van der Waals surface area contributed by atoms with Crippen molar-refractivity contribution in [2.75, 3.05) is 11.5 Å². The van der Waals surface area contributed by atoms with Crippen LogP contribution in [0.15, 0.2) is 110 Å². The molecule has 4 heterocycles. The van der Waals surface area contributed by atoms with Gasteiger partial charge < -0.3 is 26.6 Å². The summed E-state index contributed by atoms with van der Waals surface area (Å²) >= 11 is 0. The molecule has 0 fully saturated rings. The van der Waals surface area contributed by atoms with Gasteiger partial charge in [0, 0.05) is 41.6 Å². The molecule has 1 atom stereocenters. The summed E-state index contributed by atoms with van der Waals surface area (Å²) in [5, 5.41) is 17.6. The zero-order valence-corrected chi connectivity index (χ0v) is 26.9. The first kappa shape index (κ1) is 30.8. The van der Waals surface area contributed by atoms with Gasteiger partial charge in [0.25, 0.3) is 5.91 Å². The molecule has 12 nitrogen and oxygen atoms in total. The number of nitrogens with zero attached hydrogens (tertiary/aromatic N) is 6. The highest BCUT2D eigenvalue weighted by atomic mass is 16.5. The van der Waals surface area contributed by atoms with Crippen molar-refractivity contribution in [2.45, 2.75) is 32.1 Å². The van der Waals surface area contributed by atoms with Crippen LogP contribution in [0.1, 0.15) is 45.1 Å². The van der Waals surface area contributed by atoms with E-state index in [0.717, 1.165) is 28.8 Å². The van der Waals surface area contributed by atoms with E-state index in [1.165, 1.54) is 0 Å². The van der Waals surface area contributed by atoms with Crippen molar-refractivity contribution in [3.63, 3.8) is 0 Å². The van der Waals surface area contributed by atoms with Gasteiger partial charge in [-0.1, -0.05) is 36.4 Å². The Hall–Kier alpha value is -6.53. The number of aromatic nitrogens is 6. The summed E-state index contributed by atoms with van der Waals surface area (Å²) in [6.45, 7) is 0.0147. The van der Waals surface area contributed by atoms with Crippen molar-refractivity contribution in [3.8, 4) is 28.6 Å². The Labute approximate surface area is 287 Å². The number of nitrogens with one attached hydrogen (secondary N) is 1. The van der Waals surface area contributed by atoms with Crippen molar-refractivity contribution in [1.29, 1.82) is 0 Å². The molecule has 12 heteroatoms. The lowest BCUT2D eigenvalue weighted by atomic mass is 10.0. The lowest BCUT2D eigenvalue weighted by Gasteiger charge is -2.18. The molecule has 0 aliphatic heterocycles. The Morgan fingerprint density at radius 3 is 2.64 bits per heavy atom. The molecule has 1 amide bonds. The number of pyridine rings is 2. The van der Waals surface area contributed by atoms with Crippen molar-refractivity contribution < 1.29 is 14.6 Å². The quantitative estimate of drug-likeness (QED) is 0.149. The molecule has 0 saturated carbocycles. The number of aryl methyl sites for hydroxylation is 1. The van der Waals surface area contributed by atoms with Gasteiger partial charge in [0.1, 0.15) is 23.7 Å². The lowest BCUT2D eigenvalue weighted by Crippen LogP contribution is -2.28. The van der Waals surface area contributed by atoms with Crippen LogP contribution in [0, 0.1) is 0 Å². The first-order valence-electron chi connectivity index (χ1n) is 16.2. The molecule has 0 bridgehead atoms. The highest BCUT2D eigenvalue weighted by molar-refractivity contribution is 6.00. The summed E-state index contributed by atoms with van der Waals surface area (Å²) in [5.41, 5.74) is 19.7. The molecule has 8 rings (SSSR count). The normalized spacial score (nSPS) is 13.7. The number of rotatable bonds is 9. The highest BCUT2D eigenvalue weighted by Crippen LogP contribution is 2.36. The summed E-state index contributed by atoms with van der Waals surface area (Å²) in [4.78, 5) is 27.8. The van der Waals surface area contributed by atoms with E-state index in [2.05, 4.69) is 21.5 Å². The minimum absolute atomic E-state index is 0.227. The zero-order valence-electron chi connectivity index (χ0n) is 26.9. The van der Waals surface area contributed by atoms with Gasteiger partial charge in [0.05, 0.1) is 23.8 Å². The van der Waals surface area contributed by atoms with Gasteiger partial charge in [0.15, 0.2) is 17.3 Å². The van der Waals surface area contributed by atoms with Gasteiger partial charge in [-0.05, 0) is 78.1 Å². The number of hydrogen-bond donors (Lipinski definition) is 4. The fourth-order valence-corrected chi connectivity index (χ4v) is 6.47. The van der Waals surface area contributed by atoms with Gasteiger partial charge in [-0.15, -0.1) is 0 Å². The van der Waals surface area contributed by atoms with Crippen LogP contribution in [0.3, 0.4) is 0 Å². The average molecular weight is 664 g/mol. The van der Waals surface area contributed by atoms with Gasteiger partial charge in [-0.25, -0.2) is 19.6 Å². The van der Waals surface area contributed by atoms with Crippen molar-refractivity contribution in [1.82, 2.24) is 34.6 Å². The maximum atomic E-state index is 13.6. The third-order valence-electron chi connectivity index (χ3n) is 8.96. The van der Waals surface area contributed by atoms with E-state index in [0.29, 0.717) is 58.5 Å². The molecule has 0 radical (unpaired) electrons. The van der Waals surface area contributed by atoms with Gasteiger partial charge in [-0.2, -0.15) is 5.10 Å². The number of carbonyl (C=O) groups excluding carboxylic acids is 1. The van der Waals surface area contributed by atoms with Crippen LogP contribution in [0.25, 0.3) is 34.1 Å². The number of aliphatic hydroxyl groups excluding tert-OH is 1. The predicted molar refractivity (Wildman–Crippen MR) is 190 cm³/mol. The molecule has 7 aromatic rings. The number of imidazole rings is 1. The minimum Gasteiger partial charge on any atom is -0.488 e. The average Bonchev–Trinajstić information content (AvgIpc) is 3.90. The van der Waals surface area contributed by atoms with Gasteiger partial charge >= 0.3 is 0 Å². The number of nitrogens with two attached hydrogens (primary N) is 2. The second-order valence-corrected chi connectivity index (χ2v) is 12.1. The number of nitrogen functional groups attached to an aromatic ring is 2. The summed E-state index contributed by atoms with van der Waals surface area (Å²) in [6, 6.07) is 28.2. The molecule has 0 unspecified atom stereocenters. The maximum Gasteiger partial charge on any atom is 0.253 e. The number of carbonyl (C=O) groups is 1. The van der Waals surface area contributed by atoms with Crippen molar-refractivity contribution in [2.24, 2.45) is 0 Å². The molecular weight excluding hydrogens is 630 g/mol. The monoisotopic (exact) mass is 663 g/mol. The summed E-state index contributed by atoms with van der Waals surface area (Å²) in [5.74, 6) is 1.75. The lowest BCUT2D eigenvalue weighted by molar-refractivity contribution is 0.0937. The Morgan fingerprint density at radius 1 is 0.960 bits per heavy atom. The highest BCUT2D eigenvalue weighted by Gasteiger charge is 2.27. The standard InChI is InChI=1S/C38H33N9O3/c39-30-20-33(50-22-23-6-2-1-3-7-23)25(21-48)19-29(30)38(49)44-31-12-9-24-18-26(10-11-27(24)31)47-36(28-8-4-15-41-35(28)40)43-32-13-14-34(45-37(32)47)46-17-5-16-42-46/h1-8,10-11,13-20,31,48H,9,12,21-22,39H2,(H2,40,41)(H,44,49)/t31-/m0/s1. The first-order chi connectivity index (χ1) is 24.5. The van der Waals surface area contributed by atoms with Crippen LogP contribution in [0.5, 0.6) is 5.75 Å². The van der Waals surface area contributed by atoms with Crippen molar-refractivity contribution in [3.05, 3.63) is 137 Å². The Kier molecular flexibility index (Phi) is 7.89. The summed E-state index contributed by atoms with van der Waals surface area (Å²) < 4.78 is 9.64. The summed E-state index contributed by atoms with van der Waals surface area (Å²) in [7, 11) is 0. The number of aliphatic hydroxyl groups is 1. The molecule has 6 N–H and O–H groups in total. The fourth-order valence-electron chi connectivity index (χ4n) is 6.47. The van der Waals surface area contributed by atoms with E-state index >= 15 is 0 Å². The minimum atomic E-state index is -0.320. The number of ether oxygens (including phenoxy) is 1. The molecule has 1 aliphatic carbocycles. The molecule has 1 aliphatic rings. The van der Waals surface area contributed by atoms with E-state index in [9.17, 15) is 9.90 Å². The second kappa shape index (κ2) is 12.8. The number of hydrogen-bond acceptors (Lipinski definition) is 9. The molecule has 3 aromatic carbocycles. The van der Waals surface area contributed by atoms with E-state index < -0.39 is 0 Å². The number of fused-ring (bicyclic) bond motifs is 2. The number of anilines is 2. The van der Waals surface area contributed by atoms with Crippen LogP contribution < -0.4 is 21.5 Å². The van der Waals surface area contributed by atoms with E-state index in [1.807, 2.05) is 83.6 Å². The van der Waals surface area contributed by atoms with E-state index in [4.69, 9.17) is 26.2 Å². The largest absolute Gasteiger partial charge is 0.488 e. The Bertz CT molecular complexity index is 2350. The van der Waals surface area contributed by atoms with Crippen molar-refractivity contribution >= 4 is 28.6 Å². The topological polar surface area (TPSA) is 172 Å². The van der Waals surface area contributed by atoms with Gasteiger partial charge in [0.2, 0.25) is 0 Å². The third-order valence-corrected chi connectivity index (χ3v) is 8.96. The molecular formula is C38H33N9O3. The smallest absolute Gasteiger partial charge is 0.253 e. The van der Waals surface area contributed by atoms with Crippen LogP contribution in [0.4, 0.5) is 11.5 Å². The predicted octanol–water partition coefficient (Wildman–Crippen LogP) is 5.32. The SMILES string of the molecule is Nc1cc(OCc2ccccc2)c(CO)cc1C(=O)N[C@H]1CCc2cc(-n3c(-c4cccnc4N)nc4ccc(-n5cccn5)nc43)ccc21. The van der Waals surface area contributed by atoms with Crippen LogP contribution in [-0.2, 0) is 19.6 Å². The first-order valence-corrected chi connectivity index (χ1v) is 16.2. The third kappa shape index (κ3) is 5.67. The maximum absolute atomic E-state index is 13.6. The van der Waals surface area contributed by atoms with Crippen LogP contribution >= 0.6 is 0 Å².